The van der Waals surface area contributed by atoms with Gasteiger partial charge in [-0.2, -0.15) is 0 Å². The number of hydrogen-bond donors (Lipinski definition) is 2. The van der Waals surface area contributed by atoms with Crippen LogP contribution in [-0.4, -0.2) is 41.7 Å². The molecule has 0 aliphatic carbocycles. The van der Waals surface area contributed by atoms with Crippen LogP contribution in [0.25, 0.3) is 0 Å². The van der Waals surface area contributed by atoms with Gasteiger partial charge in [0.05, 0.1) is 5.75 Å². The third-order valence-corrected chi connectivity index (χ3v) is 3.66. The van der Waals surface area contributed by atoms with Gasteiger partial charge in [-0.05, 0) is 5.25 Å². The van der Waals surface area contributed by atoms with Gasteiger partial charge in [0.2, 0.25) is 11.8 Å². The normalized spacial score (nSPS) is 10.7. The van der Waals surface area contributed by atoms with Gasteiger partial charge < -0.3 is 10.6 Å². The van der Waals surface area contributed by atoms with E-state index in [0.717, 1.165) is 0 Å². The molecule has 20 heavy (non-hydrogen) atoms. The van der Waals surface area contributed by atoms with Crippen LogP contribution in [-0.2, 0) is 14.4 Å². The zero-order chi connectivity index (χ0) is 15.5. The minimum Gasteiger partial charge on any atom is -0.356 e. The van der Waals surface area contributed by atoms with E-state index in [1.807, 2.05) is 27.7 Å². The number of Topliss-reactive ketones (excluding diaryl/α,β-unsaturated/α-hetero) is 1. The molecule has 116 valence electrons. The second-order valence-electron chi connectivity index (χ2n) is 5.18. The largest absolute Gasteiger partial charge is 0.356 e. The van der Waals surface area contributed by atoms with Crippen molar-refractivity contribution < 1.29 is 14.4 Å². The van der Waals surface area contributed by atoms with Crippen molar-refractivity contribution in [1.29, 1.82) is 0 Å². The molecule has 0 aliphatic rings. The number of thioether (sulfide) groups is 1. The van der Waals surface area contributed by atoms with E-state index in [4.69, 9.17) is 0 Å². The average Bonchev–Trinajstić information content (AvgIpc) is 2.36. The molecule has 2 amide bonds. The van der Waals surface area contributed by atoms with E-state index in [-0.39, 0.29) is 29.9 Å². The topological polar surface area (TPSA) is 75.3 Å². The van der Waals surface area contributed by atoms with Crippen molar-refractivity contribution in [1.82, 2.24) is 10.6 Å². The fourth-order valence-corrected chi connectivity index (χ4v) is 1.90. The van der Waals surface area contributed by atoms with Crippen LogP contribution in [0.1, 0.15) is 40.5 Å². The predicted octanol–water partition coefficient (Wildman–Crippen LogP) is 1.37. The molecule has 0 saturated heterocycles. The van der Waals surface area contributed by atoms with Crippen molar-refractivity contribution >= 4 is 29.4 Å². The number of carbonyl (C=O) groups is 3. The van der Waals surface area contributed by atoms with E-state index in [1.54, 1.807) is 11.8 Å². The van der Waals surface area contributed by atoms with E-state index in [1.165, 1.54) is 0 Å². The Morgan fingerprint density at radius 1 is 0.900 bits per heavy atom. The number of carbonyl (C=O) groups excluding carboxylic acids is 3. The van der Waals surface area contributed by atoms with Gasteiger partial charge in [-0.15, -0.1) is 11.8 Å². The highest BCUT2D eigenvalue weighted by atomic mass is 32.2. The first-order chi connectivity index (χ1) is 9.32. The maximum absolute atomic E-state index is 11.5. The molecule has 0 aromatic rings. The van der Waals surface area contributed by atoms with Gasteiger partial charge in [-0.25, -0.2) is 0 Å². The maximum atomic E-state index is 11.5. The summed E-state index contributed by atoms with van der Waals surface area (Å²) in [6.45, 7) is 8.45. The van der Waals surface area contributed by atoms with Crippen LogP contribution in [0, 0.1) is 5.92 Å². The SMILES string of the molecule is CC(C)SCC(=O)NCCC(=O)NCCC(=O)C(C)C. The minimum absolute atomic E-state index is 0.00430. The molecule has 0 saturated carbocycles. The lowest BCUT2D eigenvalue weighted by atomic mass is 10.1. The highest BCUT2D eigenvalue weighted by Gasteiger charge is 2.08. The first-order valence-corrected chi connectivity index (χ1v) is 8.05. The Kier molecular flexibility index (Phi) is 10.2. The Labute approximate surface area is 125 Å². The summed E-state index contributed by atoms with van der Waals surface area (Å²) in [7, 11) is 0. The van der Waals surface area contributed by atoms with Gasteiger partial charge in [0.1, 0.15) is 5.78 Å². The summed E-state index contributed by atoms with van der Waals surface area (Å²) in [4.78, 5) is 34.2. The molecule has 0 radical (unpaired) electrons. The molecule has 0 fully saturated rings. The van der Waals surface area contributed by atoms with Gasteiger partial charge in [0, 0.05) is 31.8 Å². The molecule has 0 unspecified atom stereocenters. The predicted molar refractivity (Wildman–Crippen MR) is 82.7 cm³/mol. The van der Waals surface area contributed by atoms with Crippen molar-refractivity contribution in [3.05, 3.63) is 0 Å². The lowest BCUT2D eigenvalue weighted by Gasteiger charge is -2.08. The summed E-state index contributed by atoms with van der Waals surface area (Å²) in [6, 6.07) is 0. The molecule has 5 nitrogen and oxygen atoms in total. The zero-order valence-electron chi connectivity index (χ0n) is 12.8. The van der Waals surface area contributed by atoms with Gasteiger partial charge in [0.25, 0.3) is 0 Å². The van der Waals surface area contributed by atoms with Crippen molar-refractivity contribution in [2.75, 3.05) is 18.8 Å². The summed E-state index contributed by atoms with van der Waals surface area (Å²) in [6.07, 6.45) is 0.606. The number of amides is 2. The third-order valence-electron chi connectivity index (χ3n) is 2.56. The zero-order valence-corrected chi connectivity index (χ0v) is 13.6. The summed E-state index contributed by atoms with van der Waals surface area (Å²) in [5.41, 5.74) is 0. The molecular weight excluding hydrogens is 276 g/mol. The van der Waals surface area contributed by atoms with Gasteiger partial charge in [-0.1, -0.05) is 27.7 Å². The summed E-state index contributed by atoms with van der Waals surface area (Å²) in [5.74, 6) is 0.376. The van der Waals surface area contributed by atoms with Crippen molar-refractivity contribution in [3.8, 4) is 0 Å². The third kappa shape index (κ3) is 10.8. The average molecular weight is 302 g/mol. The minimum atomic E-state index is -0.140. The molecule has 0 aliphatic heterocycles. The molecule has 0 atom stereocenters. The molecule has 0 spiro atoms. The summed E-state index contributed by atoms with van der Waals surface area (Å²) >= 11 is 1.57. The number of nitrogens with one attached hydrogen (secondary N) is 2. The Hall–Kier alpha value is -1.04. The number of ketones is 1. The molecule has 0 bridgehead atoms. The lowest BCUT2D eigenvalue weighted by molar-refractivity contribution is -0.122. The second kappa shape index (κ2) is 10.7. The lowest BCUT2D eigenvalue weighted by Crippen LogP contribution is -2.32. The van der Waals surface area contributed by atoms with Crippen molar-refractivity contribution in [2.45, 2.75) is 45.8 Å². The standard InChI is InChI=1S/C14H26N2O3S/c1-10(2)12(17)5-7-15-13(18)6-8-16-14(19)9-20-11(3)4/h10-11H,5-9H2,1-4H3,(H,15,18)(H,16,19). The Morgan fingerprint density at radius 3 is 2.00 bits per heavy atom. The first-order valence-electron chi connectivity index (χ1n) is 7.00. The van der Waals surface area contributed by atoms with Crippen molar-refractivity contribution in [2.24, 2.45) is 5.92 Å². The summed E-state index contributed by atoms with van der Waals surface area (Å²) < 4.78 is 0. The molecule has 2 N–H and O–H groups in total. The summed E-state index contributed by atoms with van der Waals surface area (Å²) in [5, 5.41) is 5.79. The fraction of sp³-hybridized carbons (Fsp3) is 0.786. The van der Waals surface area contributed by atoms with Crippen LogP contribution in [0.3, 0.4) is 0 Å². The highest BCUT2D eigenvalue weighted by molar-refractivity contribution is 8.00. The van der Waals surface area contributed by atoms with Crippen LogP contribution < -0.4 is 10.6 Å². The molecule has 0 aromatic carbocycles. The smallest absolute Gasteiger partial charge is 0.230 e. The Bertz CT molecular complexity index is 330. The molecular formula is C14H26N2O3S. The number of rotatable bonds is 10. The van der Waals surface area contributed by atoms with Crippen LogP contribution >= 0.6 is 11.8 Å². The quantitative estimate of drug-likeness (QED) is 0.639. The fourth-order valence-electron chi connectivity index (χ4n) is 1.31. The van der Waals surface area contributed by atoms with Crippen molar-refractivity contribution in [3.63, 3.8) is 0 Å². The van der Waals surface area contributed by atoms with Crippen LogP contribution in [0.4, 0.5) is 0 Å². The number of hydrogen-bond acceptors (Lipinski definition) is 4. The van der Waals surface area contributed by atoms with E-state index in [2.05, 4.69) is 10.6 Å². The maximum Gasteiger partial charge on any atom is 0.230 e. The van der Waals surface area contributed by atoms with E-state index in [9.17, 15) is 14.4 Å². The monoisotopic (exact) mass is 302 g/mol. The van der Waals surface area contributed by atoms with E-state index in [0.29, 0.717) is 30.5 Å². The second-order valence-corrected chi connectivity index (χ2v) is 6.75. The van der Waals surface area contributed by atoms with Crippen LogP contribution in [0.2, 0.25) is 0 Å². The van der Waals surface area contributed by atoms with E-state index >= 15 is 0 Å². The first kappa shape index (κ1) is 19.0. The van der Waals surface area contributed by atoms with E-state index < -0.39 is 0 Å². The molecule has 0 heterocycles. The molecule has 0 rings (SSSR count). The molecule has 0 aromatic heterocycles. The Balaban J connectivity index is 3.59. The van der Waals surface area contributed by atoms with Crippen LogP contribution in [0.5, 0.6) is 0 Å². The van der Waals surface area contributed by atoms with Gasteiger partial charge >= 0.3 is 0 Å². The van der Waals surface area contributed by atoms with Crippen LogP contribution in [0.15, 0.2) is 0 Å². The van der Waals surface area contributed by atoms with Gasteiger partial charge in [-0.3, -0.25) is 14.4 Å². The molecule has 6 heteroatoms. The Morgan fingerprint density at radius 2 is 1.45 bits per heavy atom. The highest BCUT2D eigenvalue weighted by Crippen LogP contribution is 2.07. The van der Waals surface area contributed by atoms with Gasteiger partial charge in [0.15, 0.2) is 0 Å².